The molecule has 19 heavy (non-hydrogen) atoms. The summed E-state index contributed by atoms with van der Waals surface area (Å²) in [7, 11) is 0. The summed E-state index contributed by atoms with van der Waals surface area (Å²) in [5.74, 6) is -1.13. The van der Waals surface area contributed by atoms with Crippen LogP contribution in [-0.4, -0.2) is 21.6 Å². The SMILES string of the molecule is CC1=C(/C=C/C2(C)OC2C(=O)[O-])C(C)(C)C(I)CC1. The Balaban J connectivity index is 2.21. The molecule has 0 N–H and O–H groups in total. The van der Waals surface area contributed by atoms with Gasteiger partial charge in [0.15, 0.2) is 0 Å². The first-order valence-electron chi connectivity index (χ1n) is 6.60. The number of allylic oxidation sites excluding steroid dienone is 3. The Morgan fingerprint density at radius 3 is 2.63 bits per heavy atom. The minimum absolute atomic E-state index is 0.113. The van der Waals surface area contributed by atoms with E-state index >= 15 is 0 Å². The highest BCUT2D eigenvalue weighted by molar-refractivity contribution is 14.1. The lowest BCUT2D eigenvalue weighted by atomic mass is 9.72. The van der Waals surface area contributed by atoms with Gasteiger partial charge in [0.2, 0.25) is 0 Å². The Morgan fingerprint density at radius 2 is 2.11 bits per heavy atom. The van der Waals surface area contributed by atoms with Crippen LogP contribution < -0.4 is 5.11 Å². The average molecular weight is 375 g/mol. The molecule has 1 aliphatic carbocycles. The summed E-state index contributed by atoms with van der Waals surface area (Å²) in [6.45, 7) is 8.45. The third-order valence-corrected chi connectivity index (χ3v) is 6.52. The van der Waals surface area contributed by atoms with Crippen LogP contribution in [0.4, 0.5) is 0 Å². The van der Waals surface area contributed by atoms with Crippen LogP contribution in [0.15, 0.2) is 23.3 Å². The number of halogens is 1. The van der Waals surface area contributed by atoms with Crippen molar-refractivity contribution in [2.24, 2.45) is 5.41 Å². The van der Waals surface area contributed by atoms with E-state index in [4.69, 9.17) is 4.74 Å². The minimum Gasteiger partial charge on any atom is -0.547 e. The molecule has 1 fully saturated rings. The number of carboxylic acid groups (broad SMARTS) is 1. The number of carbonyl (C=O) groups excluding carboxylic acids is 1. The molecule has 0 radical (unpaired) electrons. The average Bonchev–Trinajstić information content (AvgIpc) is 2.97. The fourth-order valence-corrected chi connectivity index (χ4v) is 3.44. The van der Waals surface area contributed by atoms with E-state index in [2.05, 4.69) is 49.4 Å². The first kappa shape index (κ1) is 15.0. The van der Waals surface area contributed by atoms with Crippen molar-refractivity contribution in [2.45, 2.75) is 56.2 Å². The standard InChI is InChI=1S/C15H21IO3/c1-9-5-6-11(16)14(2,3)10(9)7-8-15(4)12(19-15)13(17)18/h7-8,11-12H,5-6H2,1-4H3,(H,17,18)/p-1/b8-7+. The number of carboxylic acids is 1. The van der Waals surface area contributed by atoms with E-state index in [-0.39, 0.29) is 5.41 Å². The molecule has 0 spiro atoms. The number of hydrogen-bond acceptors (Lipinski definition) is 3. The van der Waals surface area contributed by atoms with Gasteiger partial charge in [-0.05, 0) is 38.3 Å². The Morgan fingerprint density at radius 1 is 1.47 bits per heavy atom. The molecule has 3 unspecified atom stereocenters. The van der Waals surface area contributed by atoms with Gasteiger partial charge < -0.3 is 14.6 Å². The number of hydrogen-bond donors (Lipinski definition) is 0. The van der Waals surface area contributed by atoms with Crippen LogP contribution in [0.5, 0.6) is 0 Å². The molecular formula is C15H20IO3-. The molecular weight excluding hydrogens is 355 g/mol. The lowest BCUT2D eigenvalue weighted by Crippen LogP contribution is -2.32. The lowest BCUT2D eigenvalue weighted by molar-refractivity contribution is -0.307. The van der Waals surface area contributed by atoms with E-state index < -0.39 is 17.7 Å². The van der Waals surface area contributed by atoms with Gasteiger partial charge in [0.1, 0.15) is 11.7 Å². The molecule has 1 saturated heterocycles. The predicted molar refractivity (Wildman–Crippen MR) is 80.9 cm³/mol. The van der Waals surface area contributed by atoms with Crippen LogP contribution in [0, 0.1) is 5.41 Å². The Kier molecular flexibility index (Phi) is 3.86. The van der Waals surface area contributed by atoms with Gasteiger partial charge in [0.25, 0.3) is 0 Å². The second kappa shape index (κ2) is 4.88. The number of epoxide rings is 1. The van der Waals surface area contributed by atoms with Crippen molar-refractivity contribution in [3.63, 3.8) is 0 Å². The van der Waals surface area contributed by atoms with Crippen LogP contribution in [0.25, 0.3) is 0 Å². The largest absolute Gasteiger partial charge is 0.547 e. The van der Waals surface area contributed by atoms with Gasteiger partial charge in [-0.3, -0.25) is 0 Å². The zero-order valence-corrected chi connectivity index (χ0v) is 14.0. The van der Waals surface area contributed by atoms with Gasteiger partial charge in [-0.15, -0.1) is 0 Å². The highest BCUT2D eigenvalue weighted by atomic mass is 127. The summed E-state index contributed by atoms with van der Waals surface area (Å²) in [4.78, 5) is 10.8. The third-order valence-electron chi connectivity index (χ3n) is 4.34. The molecule has 1 aliphatic heterocycles. The van der Waals surface area contributed by atoms with Crippen molar-refractivity contribution in [1.82, 2.24) is 0 Å². The fourth-order valence-electron chi connectivity index (χ4n) is 2.79. The summed E-state index contributed by atoms with van der Waals surface area (Å²) in [5, 5.41) is 10.8. The normalized spacial score (nSPS) is 37.7. The van der Waals surface area contributed by atoms with Crippen molar-refractivity contribution in [1.29, 1.82) is 0 Å². The molecule has 0 saturated carbocycles. The molecule has 0 aromatic heterocycles. The van der Waals surface area contributed by atoms with Crippen molar-refractivity contribution in [3.05, 3.63) is 23.3 Å². The zero-order chi connectivity index (χ0) is 14.4. The second-order valence-corrected chi connectivity index (χ2v) is 7.76. The van der Waals surface area contributed by atoms with Crippen LogP contribution in [0.2, 0.25) is 0 Å². The molecule has 3 nitrogen and oxygen atoms in total. The monoisotopic (exact) mass is 375 g/mol. The molecule has 2 rings (SSSR count). The maximum absolute atomic E-state index is 10.8. The third kappa shape index (κ3) is 2.75. The summed E-state index contributed by atoms with van der Waals surface area (Å²) in [6, 6.07) is 0. The molecule has 0 aromatic rings. The zero-order valence-electron chi connectivity index (χ0n) is 11.8. The predicted octanol–water partition coefficient (Wildman–Crippen LogP) is 2.39. The fraction of sp³-hybridized carbons (Fsp3) is 0.667. The van der Waals surface area contributed by atoms with Gasteiger partial charge >= 0.3 is 0 Å². The number of aliphatic carboxylic acids is 1. The number of rotatable bonds is 3. The van der Waals surface area contributed by atoms with Crippen molar-refractivity contribution < 1.29 is 14.6 Å². The minimum atomic E-state index is -1.13. The molecule has 1 heterocycles. The Labute approximate surface area is 128 Å². The van der Waals surface area contributed by atoms with E-state index in [1.807, 2.05) is 6.08 Å². The van der Waals surface area contributed by atoms with Gasteiger partial charge in [-0.1, -0.05) is 48.1 Å². The van der Waals surface area contributed by atoms with Crippen LogP contribution in [-0.2, 0) is 9.53 Å². The molecule has 106 valence electrons. The van der Waals surface area contributed by atoms with E-state index in [0.29, 0.717) is 3.92 Å². The molecule has 0 amide bonds. The van der Waals surface area contributed by atoms with Crippen LogP contribution in [0.3, 0.4) is 0 Å². The second-order valence-electron chi connectivity index (χ2n) is 6.26. The maximum Gasteiger partial charge on any atom is 0.130 e. The van der Waals surface area contributed by atoms with E-state index in [9.17, 15) is 9.90 Å². The summed E-state index contributed by atoms with van der Waals surface area (Å²) >= 11 is 2.51. The van der Waals surface area contributed by atoms with E-state index in [1.54, 1.807) is 6.92 Å². The van der Waals surface area contributed by atoms with Crippen molar-refractivity contribution in [2.75, 3.05) is 0 Å². The van der Waals surface area contributed by atoms with Gasteiger partial charge in [-0.25, -0.2) is 0 Å². The maximum atomic E-state index is 10.8. The summed E-state index contributed by atoms with van der Waals surface area (Å²) in [6.07, 6.45) is 5.45. The molecule has 2 aliphatic rings. The number of alkyl halides is 1. The number of ether oxygens (including phenoxy) is 1. The Hall–Kier alpha value is -0.360. The first-order chi connectivity index (χ1) is 8.68. The molecule has 3 atom stereocenters. The number of carbonyl (C=O) groups is 1. The van der Waals surface area contributed by atoms with Crippen LogP contribution >= 0.6 is 22.6 Å². The van der Waals surface area contributed by atoms with Gasteiger partial charge in [0, 0.05) is 9.34 Å². The molecule has 0 bridgehead atoms. The quantitative estimate of drug-likeness (QED) is 0.433. The topological polar surface area (TPSA) is 52.7 Å². The van der Waals surface area contributed by atoms with Crippen molar-refractivity contribution >= 4 is 28.6 Å². The highest BCUT2D eigenvalue weighted by Crippen LogP contribution is 2.46. The van der Waals surface area contributed by atoms with E-state index in [1.165, 1.54) is 17.6 Å². The summed E-state index contributed by atoms with van der Waals surface area (Å²) < 4.78 is 5.81. The lowest BCUT2D eigenvalue weighted by Gasteiger charge is -2.38. The summed E-state index contributed by atoms with van der Waals surface area (Å²) in [5.41, 5.74) is 2.12. The smallest absolute Gasteiger partial charge is 0.130 e. The highest BCUT2D eigenvalue weighted by Gasteiger charge is 2.51. The van der Waals surface area contributed by atoms with Crippen molar-refractivity contribution in [3.8, 4) is 0 Å². The molecule has 4 heteroatoms. The van der Waals surface area contributed by atoms with Crippen LogP contribution in [0.1, 0.15) is 40.5 Å². The van der Waals surface area contributed by atoms with Gasteiger partial charge in [-0.2, -0.15) is 0 Å². The van der Waals surface area contributed by atoms with Gasteiger partial charge in [0.05, 0.1) is 5.97 Å². The Bertz CT molecular complexity index is 464. The van der Waals surface area contributed by atoms with E-state index in [0.717, 1.165) is 6.42 Å². The molecule has 0 aromatic carbocycles. The first-order valence-corrected chi connectivity index (χ1v) is 7.85.